The van der Waals surface area contributed by atoms with Crippen LogP contribution in [0.15, 0.2) is 72.9 Å². The van der Waals surface area contributed by atoms with E-state index in [1.54, 1.807) is 65.5 Å². The van der Waals surface area contributed by atoms with Crippen molar-refractivity contribution >= 4 is 16.9 Å². The van der Waals surface area contributed by atoms with Gasteiger partial charge >= 0.3 is 12.1 Å². The van der Waals surface area contributed by atoms with Gasteiger partial charge in [0.05, 0.1) is 24.5 Å². The lowest BCUT2D eigenvalue weighted by Crippen LogP contribution is -2.33. The van der Waals surface area contributed by atoms with Crippen molar-refractivity contribution in [3.8, 4) is 17.2 Å². The minimum Gasteiger partial charge on any atom is -0.497 e. The average molecular weight is 488 g/mol. The van der Waals surface area contributed by atoms with Crippen LogP contribution >= 0.6 is 0 Å². The van der Waals surface area contributed by atoms with Crippen molar-refractivity contribution in [3.63, 3.8) is 0 Å². The van der Waals surface area contributed by atoms with Gasteiger partial charge in [-0.1, -0.05) is 12.1 Å². The fourth-order valence-electron chi connectivity index (χ4n) is 3.57. The van der Waals surface area contributed by atoms with E-state index in [0.717, 1.165) is 0 Å². The van der Waals surface area contributed by atoms with Crippen LogP contribution in [0, 0.1) is 5.82 Å². The number of hydrogen-bond donors (Lipinski definition) is 0. The Morgan fingerprint density at radius 1 is 1.00 bits per heavy atom. The summed E-state index contributed by atoms with van der Waals surface area (Å²) in [5, 5.41) is 5.00. The summed E-state index contributed by atoms with van der Waals surface area (Å²) in [6.45, 7) is 1.32. The smallest absolute Gasteiger partial charge is 0.490 e. The Labute approximate surface area is 197 Å². The molecule has 35 heavy (non-hydrogen) atoms. The normalized spacial score (nSPS) is 13.3. The maximum absolute atomic E-state index is 13.3. The summed E-state index contributed by atoms with van der Waals surface area (Å²) in [6, 6.07) is 17.4. The van der Waals surface area contributed by atoms with Crippen LogP contribution in [0.3, 0.4) is 0 Å². The lowest BCUT2D eigenvalue weighted by molar-refractivity contribution is -0.207. The molecule has 0 N–H and O–H groups in total. The van der Waals surface area contributed by atoms with E-state index in [-0.39, 0.29) is 5.82 Å². The molecule has 182 valence electrons. The molecule has 10 heteroatoms. The number of halogens is 4. The van der Waals surface area contributed by atoms with Crippen LogP contribution in [-0.4, -0.2) is 35.1 Å². The fraction of sp³-hybridized carbons (Fsp3) is 0.200. The highest BCUT2D eigenvalue weighted by Crippen LogP contribution is 2.32. The van der Waals surface area contributed by atoms with Crippen molar-refractivity contribution in [2.24, 2.45) is 0 Å². The molecular weight excluding hydrogens is 468 g/mol. The second-order valence-corrected chi connectivity index (χ2v) is 7.68. The molecule has 0 bridgehead atoms. The molecule has 0 aliphatic heterocycles. The lowest BCUT2D eigenvalue weighted by atomic mass is 10.0. The Morgan fingerprint density at radius 2 is 1.74 bits per heavy atom. The number of carbonyl (C=O) groups is 1. The van der Waals surface area contributed by atoms with Crippen molar-refractivity contribution < 1.29 is 36.6 Å². The summed E-state index contributed by atoms with van der Waals surface area (Å²) >= 11 is 0. The predicted octanol–water partition coefficient (Wildman–Crippen LogP) is 5.79. The quantitative estimate of drug-likeness (QED) is 0.244. The molecule has 4 aromatic rings. The number of rotatable bonds is 7. The van der Waals surface area contributed by atoms with Crippen LogP contribution in [0.4, 0.5) is 17.6 Å². The molecule has 0 radical (unpaired) electrons. The molecule has 3 aromatic carbocycles. The van der Waals surface area contributed by atoms with Crippen molar-refractivity contribution in [3.05, 3.63) is 84.3 Å². The highest BCUT2D eigenvalue weighted by atomic mass is 19.4. The van der Waals surface area contributed by atoms with E-state index in [1.807, 2.05) is 0 Å². The summed E-state index contributed by atoms with van der Waals surface area (Å²) in [6.07, 6.45) is -5.91. The molecule has 1 heterocycles. The highest BCUT2D eigenvalue weighted by Gasteiger charge is 2.43. The molecule has 0 saturated carbocycles. The number of fused-ring (bicyclic) bond motifs is 1. The molecule has 1 aromatic heterocycles. The average Bonchev–Trinajstić information content (AvgIpc) is 3.25. The second kappa shape index (κ2) is 9.65. The van der Waals surface area contributed by atoms with Crippen LogP contribution < -0.4 is 9.47 Å². The van der Waals surface area contributed by atoms with Gasteiger partial charge < -0.3 is 14.2 Å². The molecule has 0 aliphatic rings. The van der Waals surface area contributed by atoms with Crippen LogP contribution in [0.25, 0.3) is 16.6 Å². The highest BCUT2D eigenvalue weighted by molar-refractivity contribution is 5.81. The Bertz CT molecular complexity index is 1340. The molecule has 2 atom stereocenters. The van der Waals surface area contributed by atoms with Crippen molar-refractivity contribution in [2.45, 2.75) is 25.3 Å². The summed E-state index contributed by atoms with van der Waals surface area (Å²) in [7, 11) is 1.45. The summed E-state index contributed by atoms with van der Waals surface area (Å²) in [4.78, 5) is 11.5. The van der Waals surface area contributed by atoms with E-state index in [1.165, 1.54) is 26.2 Å². The number of esters is 1. The first-order valence-electron chi connectivity index (χ1n) is 10.5. The minimum absolute atomic E-state index is 0.318. The minimum atomic E-state index is -5.14. The zero-order valence-electron chi connectivity index (χ0n) is 18.6. The Balaban J connectivity index is 1.65. The maximum atomic E-state index is 13.3. The number of aromatic nitrogens is 2. The number of benzene rings is 3. The SMILES string of the molecule is COc1cccc([C@@H](Oc2ccc3c(cnn3-c3ccc(F)cc3)c2)[C@H](C)OC(=O)C(F)(F)F)c1. The lowest BCUT2D eigenvalue weighted by Gasteiger charge is -2.26. The predicted molar refractivity (Wildman–Crippen MR) is 119 cm³/mol. The molecule has 0 fully saturated rings. The van der Waals surface area contributed by atoms with E-state index < -0.39 is 24.4 Å². The monoisotopic (exact) mass is 488 g/mol. The van der Waals surface area contributed by atoms with Gasteiger partial charge in [0.1, 0.15) is 23.4 Å². The molecule has 0 aliphatic carbocycles. The molecule has 0 saturated heterocycles. The van der Waals surface area contributed by atoms with Gasteiger partial charge in [-0.15, -0.1) is 0 Å². The molecule has 6 nitrogen and oxygen atoms in total. The van der Waals surface area contributed by atoms with E-state index in [2.05, 4.69) is 9.84 Å². The number of methoxy groups -OCH3 is 1. The number of carbonyl (C=O) groups excluding carboxylic acids is 1. The number of alkyl halides is 3. The van der Waals surface area contributed by atoms with E-state index in [4.69, 9.17) is 9.47 Å². The van der Waals surface area contributed by atoms with Crippen molar-refractivity contribution in [2.75, 3.05) is 7.11 Å². The first-order chi connectivity index (χ1) is 16.7. The van der Waals surface area contributed by atoms with Crippen LogP contribution in [0.1, 0.15) is 18.6 Å². The van der Waals surface area contributed by atoms with Gasteiger partial charge in [-0.2, -0.15) is 18.3 Å². The molecule has 0 unspecified atom stereocenters. The number of nitrogens with zero attached hydrogens (tertiary/aromatic N) is 2. The first kappa shape index (κ1) is 24.1. The van der Waals surface area contributed by atoms with Gasteiger partial charge in [0.2, 0.25) is 0 Å². The molecule has 0 amide bonds. The standard InChI is InChI=1S/C25H20F4N2O4/c1-15(34-24(32)25(27,28)29)23(16-4-3-5-20(12-16)33-2)35-21-10-11-22-17(13-21)14-30-31(22)19-8-6-18(26)7-9-19/h3-15,23H,1-2H3/t15-,23-/m0/s1. The zero-order chi connectivity index (χ0) is 25.2. The van der Waals surface area contributed by atoms with Crippen molar-refractivity contribution in [1.82, 2.24) is 9.78 Å². The van der Waals surface area contributed by atoms with Crippen LogP contribution in [0.2, 0.25) is 0 Å². The van der Waals surface area contributed by atoms with Gasteiger partial charge in [0, 0.05) is 5.39 Å². The van der Waals surface area contributed by atoms with E-state index in [0.29, 0.717) is 33.7 Å². The second-order valence-electron chi connectivity index (χ2n) is 7.68. The molecular formula is C25H20F4N2O4. The Kier molecular flexibility index (Phi) is 6.63. The molecule has 4 rings (SSSR count). The largest absolute Gasteiger partial charge is 0.497 e. The summed E-state index contributed by atoms with van der Waals surface area (Å²) in [5.41, 5.74) is 1.81. The van der Waals surface area contributed by atoms with Gasteiger partial charge in [0.15, 0.2) is 6.10 Å². The summed E-state index contributed by atoms with van der Waals surface area (Å²) < 4.78 is 69.2. The zero-order valence-corrected chi connectivity index (χ0v) is 18.6. The van der Waals surface area contributed by atoms with E-state index >= 15 is 0 Å². The summed E-state index contributed by atoms with van der Waals surface area (Å²) in [5.74, 6) is -1.90. The van der Waals surface area contributed by atoms with Gasteiger partial charge in [-0.25, -0.2) is 13.9 Å². The van der Waals surface area contributed by atoms with E-state index in [9.17, 15) is 22.4 Å². The van der Waals surface area contributed by atoms with Crippen molar-refractivity contribution in [1.29, 1.82) is 0 Å². The van der Waals surface area contributed by atoms with Gasteiger partial charge in [0.25, 0.3) is 0 Å². The number of ether oxygens (including phenoxy) is 3. The third-order valence-electron chi connectivity index (χ3n) is 5.25. The first-order valence-corrected chi connectivity index (χ1v) is 10.5. The third-order valence-corrected chi connectivity index (χ3v) is 5.25. The Hall–Kier alpha value is -4.08. The topological polar surface area (TPSA) is 62.6 Å². The van der Waals surface area contributed by atoms with Crippen LogP contribution in [-0.2, 0) is 9.53 Å². The molecule has 0 spiro atoms. The third kappa shape index (κ3) is 5.37. The van der Waals surface area contributed by atoms with Gasteiger partial charge in [-0.3, -0.25) is 0 Å². The number of hydrogen-bond acceptors (Lipinski definition) is 5. The maximum Gasteiger partial charge on any atom is 0.490 e. The Morgan fingerprint density at radius 3 is 2.43 bits per heavy atom. The van der Waals surface area contributed by atoms with Gasteiger partial charge in [-0.05, 0) is 67.1 Å². The van der Waals surface area contributed by atoms with Crippen LogP contribution in [0.5, 0.6) is 11.5 Å². The fourth-order valence-corrected chi connectivity index (χ4v) is 3.57.